The second kappa shape index (κ2) is 5.36. The van der Waals surface area contributed by atoms with Gasteiger partial charge in [-0.15, -0.1) is 11.3 Å². The van der Waals surface area contributed by atoms with Crippen LogP contribution in [0.5, 0.6) is 0 Å². The van der Waals surface area contributed by atoms with E-state index in [0.717, 1.165) is 21.6 Å². The van der Waals surface area contributed by atoms with E-state index in [2.05, 4.69) is 36.3 Å². The summed E-state index contributed by atoms with van der Waals surface area (Å²) in [5, 5.41) is 3.47. The van der Waals surface area contributed by atoms with Crippen molar-refractivity contribution in [1.29, 1.82) is 0 Å². The second-order valence-electron chi connectivity index (χ2n) is 4.41. The van der Waals surface area contributed by atoms with Crippen LogP contribution >= 0.6 is 11.3 Å². The third kappa shape index (κ3) is 2.69. The van der Waals surface area contributed by atoms with E-state index in [0.29, 0.717) is 6.04 Å². The number of hydrogen-bond acceptors (Lipinski definition) is 4. The van der Waals surface area contributed by atoms with Crippen LogP contribution in [0.1, 0.15) is 33.1 Å². The number of hydrogen-bond donors (Lipinski definition) is 2. The fraction of sp³-hybridized carbons (Fsp3) is 0.462. The Labute approximate surface area is 106 Å². The van der Waals surface area contributed by atoms with Crippen LogP contribution < -0.4 is 11.1 Å². The summed E-state index contributed by atoms with van der Waals surface area (Å²) in [5.74, 6) is 0. The van der Waals surface area contributed by atoms with E-state index in [1.54, 1.807) is 11.3 Å². The van der Waals surface area contributed by atoms with E-state index < -0.39 is 0 Å². The van der Waals surface area contributed by atoms with E-state index in [-0.39, 0.29) is 0 Å². The number of nitrogens with one attached hydrogen (secondary N) is 1. The van der Waals surface area contributed by atoms with Gasteiger partial charge in [-0.3, -0.25) is 0 Å². The summed E-state index contributed by atoms with van der Waals surface area (Å²) in [6.07, 6.45) is 3.64. The molecule has 2 rings (SSSR count). The van der Waals surface area contributed by atoms with Crippen LogP contribution in [0.2, 0.25) is 0 Å². The summed E-state index contributed by atoms with van der Waals surface area (Å²) in [6.45, 7) is 4.41. The van der Waals surface area contributed by atoms with Gasteiger partial charge >= 0.3 is 0 Å². The van der Waals surface area contributed by atoms with E-state index in [1.165, 1.54) is 19.3 Å². The van der Waals surface area contributed by atoms with E-state index in [9.17, 15) is 0 Å². The molecule has 17 heavy (non-hydrogen) atoms. The summed E-state index contributed by atoms with van der Waals surface area (Å²) in [4.78, 5) is 4.30. The maximum atomic E-state index is 6.12. The van der Waals surface area contributed by atoms with E-state index in [1.807, 2.05) is 5.51 Å². The zero-order chi connectivity index (χ0) is 12.3. The Balaban J connectivity index is 2.15. The molecule has 0 aliphatic rings. The molecule has 3 N–H and O–H groups in total. The Morgan fingerprint density at radius 2 is 2.29 bits per heavy atom. The van der Waals surface area contributed by atoms with Crippen LogP contribution in [0.3, 0.4) is 0 Å². The molecule has 0 radical (unpaired) electrons. The molecule has 1 aromatic carbocycles. The monoisotopic (exact) mass is 249 g/mol. The average molecular weight is 249 g/mol. The molecular formula is C13H19N3S. The van der Waals surface area contributed by atoms with Crippen molar-refractivity contribution in [3.63, 3.8) is 0 Å². The number of anilines is 2. The van der Waals surface area contributed by atoms with Crippen molar-refractivity contribution in [1.82, 2.24) is 4.98 Å². The molecule has 2 aromatic rings. The maximum absolute atomic E-state index is 6.12. The molecule has 3 nitrogen and oxygen atoms in total. The number of nitrogens with two attached hydrogens (primary N) is 1. The second-order valence-corrected chi connectivity index (χ2v) is 5.30. The fourth-order valence-corrected chi connectivity index (χ4v) is 2.62. The standard InChI is InChI=1S/C13H19N3S/c1-3-4-5-9(2)16-10-6-7-11-13(12(10)14)15-8-17-11/h6-9,16H,3-5,14H2,1-2H3. The lowest BCUT2D eigenvalue weighted by Crippen LogP contribution is -2.15. The van der Waals surface area contributed by atoms with Gasteiger partial charge in [0.05, 0.1) is 21.6 Å². The third-order valence-electron chi connectivity index (χ3n) is 2.93. The molecule has 0 aliphatic carbocycles. The third-order valence-corrected chi connectivity index (χ3v) is 3.73. The lowest BCUT2D eigenvalue weighted by atomic mass is 10.1. The van der Waals surface area contributed by atoms with Gasteiger partial charge in [0.25, 0.3) is 0 Å². The highest BCUT2D eigenvalue weighted by molar-refractivity contribution is 7.16. The number of nitrogens with zero attached hydrogens (tertiary/aromatic N) is 1. The number of unbranched alkanes of at least 4 members (excludes halogenated alkanes) is 1. The largest absolute Gasteiger partial charge is 0.395 e. The van der Waals surface area contributed by atoms with Gasteiger partial charge < -0.3 is 11.1 Å². The number of nitrogen functional groups attached to an aromatic ring is 1. The van der Waals surface area contributed by atoms with Gasteiger partial charge in [0.15, 0.2) is 0 Å². The van der Waals surface area contributed by atoms with Crippen molar-refractivity contribution >= 4 is 32.9 Å². The first-order valence-corrected chi connectivity index (χ1v) is 6.98. The maximum Gasteiger partial charge on any atom is 0.106 e. The van der Waals surface area contributed by atoms with Gasteiger partial charge in [0.1, 0.15) is 5.52 Å². The Bertz CT molecular complexity index is 492. The van der Waals surface area contributed by atoms with Gasteiger partial charge in [0.2, 0.25) is 0 Å². The molecular weight excluding hydrogens is 230 g/mol. The van der Waals surface area contributed by atoms with Crippen LogP contribution in [-0.2, 0) is 0 Å². The molecule has 0 fully saturated rings. The van der Waals surface area contributed by atoms with Crippen LogP contribution in [-0.4, -0.2) is 11.0 Å². The first-order valence-electron chi connectivity index (χ1n) is 6.10. The molecule has 1 unspecified atom stereocenters. The number of aromatic nitrogens is 1. The highest BCUT2D eigenvalue weighted by Gasteiger charge is 2.08. The fourth-order valence-electron chi connectivity index (χ4n) is 1.93. The Hall–Kier alpha value is -1.29. The number of benzene rings is 1. The summed E-state index contributed by atoms with van der Waals surface area (Å²) in [5.41, 5.74) is 10.7. The quantitative estimate of drug-likeness (QED) is 0.791. The van der Waals surface area contributed by atoms with Gasteiger partial charge in [0, 0.05) is 6.04 Å². The summed E-state index contributed by atoms with van der Waals surface area (Å²) >= 11 is 1.62. The van der Waals surface area contributed by atoms with Crippen LogP contribution in [0.15, 0.2) is 17.6 Å². The first-order chi connectivity index (χ1) is 8.22. The molecule has 0 bridgehead atoms. The molecule has 0 spiro atoms. The molecule has 1 heterocycles. The minimum absolute atomic E-state index is 0.452. The molecule has 4 heteroatoms. The smallest absolute Gasteiger partial charge is 0.106 e. The van der Waals surface area contributed by atoms with Crippen molar-refractivity contribution in [3.8, 4) is 0 Å². The van der Waals surface area contributed by atoms with Crippen molar-refractivity contribution in [2.75, 3.05) is 11.1 Å². The minimum Gasteiger partial charge on any atom is -0.395 e. The number of thiazole rings is 1. The van der Waals surface area contributed by atoms with Gasteiger partial charge in [-0.2, -0.15) is 0 Å². The van der Waals surface area contributed by atoms with Gasteiger partial charge in [-0.05, 0) is 25.5 Å². The van der Waals surface area contributed by atoms with Crippen molar-refractivity contribution < 1.29 is 0 Å². The van der Waals surface area contributed by atoms with Crippen molar-refractivity contribution in [3.05, 3.63) is 17.6 Å². The SMILES string of the molecule is CCCCC(C)Nc1ccc2scnc2c1N. The first kappa shape index (κ1) is 12.2. The lowest BCUT2D eigenvalue weighted by Gasteiger charge is -2.16. The van der Waals surface area contributed by atoms with Gasteiger partial charge in [-0.25, -0.2) is 4.98 Å². The lowest BCUT2D eigenvalue weighted by molar-refractivity contribution is 0.645. The van der Waals surface area contributed by atoms with Crippen LogP contribution in [0.4, 0.5) is 11.4 Å². The highest BCUT2D eigenvalue weighted by Crippen LogP contribution is 2.30. The normalized spacial score (nSPS) is 12.8. The van der Waals surface area contributed by atoms with E-state index in [4.69, 9.17) is 5.73 Å². The molecule has 0 saturated carbocycles. The molecule has 0 saturated heterocycles. The zero-order valence-corrected chi connectivity index (χ0v) is 11.2. The molecule has 0 aliphatic heterocycles. The van der Waals surface area contributed by atoms with E-state index >= 15 is 0 Å². The highest BCUT2D eigenvalue weighted by atomic mass is 32.1. The predicted octanol–water partition coefficient (Wildman–Crippen LogP) is 3.87. The Morgan fingerprint density at radius 3 is 3.06 bits per heavy atom. The van der Waals surface area contributed by atoms with Crippen LogP contribution in [0.25, 0.3) is 10.2 Å². The zero-order valence-electron chi connectivity index (χ0n) is 10.4. The van der Waals surface area contributed by atoms with Crippen molar-refractivity contribution in [2.45, 2.75) is 39.2 Å². The summed E-state index contributed by atoms with van der Waals surface area (Å²) in [6, 6.07) is 4.59. The number of rotatable bonds is 5. The van der Waals surface area contributed by atoms with Crippen molar-refractivity contribution in [2.24, 2.45) is 0 Å². The Kier molecular flexibility index (Phi) is 3.84. The average Bonchev–Trinajstić information content (AvgIpc) is 2.79. The van der Waals surface area contributed by atoms with Gasteiger partial charge in [-0.1, -0.05) is 19.8 Å². The summed E-state index contributed by atoms with van der Waals surface area (Å²) < 4.78 is 1.15. The number of fused-ring (bicyclic) bond motifs is 1. The Morgan fingerprint density at radius 1 is 1.47 bits per heavy atom. The molecule has 1 atom stereocenters. The molecule has 0 amide bonds. The predicted molar refractivity (Wildman–Crippen MR) is 76.6 cm³/mol. The minimum atomic E-state index is 0.452. The van der Waals surface area contributed by atoms with Crippen LogP contribution in [0, 0.1) is 0 Å². The molecule has 1 aromatic heterocycles. The summed E-state index contributed by atoms with van der Waals surface area (Å²) in [7, 11) is 0. The topological polar surface area (TPSA) is 50.9 Å². The molecule has 92 valence electrons.